The molecule has 3 fully saturated rings. The first kappa shape index (κ1) is 34.2. The number of thiophene rings is 1. The van der Waals surface area contributed by atoms with Crippen LogP contribution in [0.1, 0.15) is 47.4 Å². The van der Waals surface area contributed by atoms with E-state index in [0.717, 1.165) is 113 Å². The lowest BCUT2D eigenvalue weighted by molar-refractivity contribution is -0.126. The molecule has 4 aromatic rings. The van der Waals surface area contributed by atoms with Gasteiger partial charge in [0.15, 0.2) is 0 Å². The highest BCUT2D eigenvalue weighted by Gasteiger charge is 2.44. The van der Waals surface area contributed by atoms with Crippen LogP contribution in [0, 0.1) is 23.7 Å². The smallest absolute Gasteiger partial charge is 0.357 e. The number of hydrogen-bond acceptors (Lipinski definition) is 9. The highest BCUT2D eigenvalue weighted by molar-refractivity contribution is 7.84. The van der Waals surface area contributed by atoms with Crippen LogP contribution in [0.3, 0.4) is 0 Å². The van der Waals surface area contributed by atoms with Crippen LogP contribution in [0.5, 0.6) is 0 Å². The van der Waals surface area contributed by atoms with E-state index in [1.807, 2.05) is 6.07 Å². The van der Waals surface area contributed by atoms with Crippen LogP contribution in [-0.2, 0) is 30.3 Å². The van der Waals surface area contributed by atoms with E-state index in [0.29, 0.717) is 27.1 Å². The molecule has 0 saturated carbocycles. The van der Waals surface area contributed by atoms with Gasteiger partial charge in [-0.3, -0.25) is 9.11 Å². The van der Waals surface area contributed by atoms with E-state index < -0.39 is 23.4 Å². The number of benzene rings is 1. The van der Waals surface area contributed by atoms with Crippen molar-refractivity contribution in [2.75, 3.05) is 69.3 Å². The van der Waals surface area contributed by atoms with Crippen LogP contribution in [0.15, 0.2) is 24.3 Å². The zero-order chi connectivity index (χ0) is 34.5. The Morgan fingerprint density at radius 3 is 2.55 bits per heavy atom. The summed E-state index contributed by atoms with van der Waals surface area (Å²) in [4.78, 5) is 17.2. The van der Waals surface area contributed by atoms with E-state index in [2.05, 4.69) is 54.7 Å². The summed E-state index contributed by atoms with van der Waals surface area (Å²) in [6.45, 7) is 10.0. The summed E-state index contributed by atoms with van der Waals surface area (Å²) in [5.41, 5.74) is 4.35. The minimum Gasteiger partial charge on any atom is -0.357 e. The molecule has 0 radical (unpaired) electrons. The summed E-state index contributed by atoms with van der Waals surface area (Å²) in [6, 6.07) is 10.5. The number of nitriles is 1. The molecule has 262 valence electrons. The third kappa shape index (κ3) is 7.04. The molecule has 9 nitrogen and oxygen atoms in total. The highest BCUT2D eigenvalue weighted by Crippen LogP contribution is 2.44. The van der Waals surface area contributed by atoms with Crippen molar-refractivity contribution in [3.8, 4) is 6.07 Å². The normalized spacial score (nSPS) is 21.8. The number of fused-ring (bicyclic) bond motifs is 2. The SMILES string of the molecule is CNc1nc(N2CCC3(CCN(Cc4ccc5c(cc(C#N)n5CCN5CCC(S(C)=O)CC5)c4C)C3)C2)c2cc(CC(F)(F)F)sc2n1. The molecule has 0 aliphatic carbocycles. The van der Waals surface area contributed by atoms with Gasteiger partial charge in [0.2, 0.25) is 5.95 Å². The highest BCUT2D eigenvalue weighted by atomic mass is 32.2. The molecule has 3 aliphatic heterocycles. The zero-order valence-corrected chi connectivity index (χ0v) is 29.9. The second-order valence-electron chi connectivity index (χ2n) is 14.1. The van der Waals surface area contributed by atoms with Crippen LogP contribution >= 0.6 is 11.3 Å². The minimum atomic E-state index is -4.27. The Morgan fingerprint density at radius 2 is 1.84 bits per heavy atom. The number of likely N-dealkylation sites (tertiary alicyclic amines) is 2. The third-order valence-electron chi connectivity index (χ3n) is 10.9. The Hall–Kier alpha value is -3.25. The van der Waals surface area contributed by atoms with E-state index >= 15 is 0 Å². The number of piperidine rings is 1. The second kappa shape index (κ2) is 13.5. The molecular formula is C35H43F3N8OS2. The first-order valence-corrected chi connectivity index (χ1v) is 19.5. The van der Waals surface area contributed by atoms with Crippen molar-refractivity contribution in [1.29, 1.82) is 5.26 Å². The quantitative estimate of drug-likeness (QED) is 0.229. The monoisotopic (exact) mass is 712 g/mol. The van der Waals surface area contributed by atoms with Gasteiger partial charge in [-0.05, 0) is 81.6 Å². The van der Waals surface area contributed by atoms with E-state index in [-0.39, 0.29) is 10.3 Å². The molecule has 1 aromatic carbocycles. The lowest BCUT2D eigenvalue weighted by Crippen LogP contribution is -2.39. The largest absolute Gasteiger partial charge is 0.393 e. The summed E-state index contributed by atoms with van der Waals surface area (Å²) in [7, 11) is 0.962. The fourth-order valence-corrected chi connectivity index (χ4v) is 10.1. The topological polar surface area (TPSA) is 93.3 Å². The maximum Gasteiger partial charge on any atom is 0.393 e. The maximum absolute atomic E-state index is 13.2. The van der Waals surface area contributed by atoms with Gasteiger partial charge in [-0.15, -0.1) is 11.3 Å². The van der Waals surface area contributed by atoms with E-state index in [9.17, 15) is 22.6 Å². The number of aryl methyl sites for hydroxylation is 1. The van der Waals surface area contributed by atoms with Gasteiger partial charge in [0, 0.05) is 89.8 Å². The number of nitrogens with one attached hydrogen (secondary N) is 1. The van der Waals surface area contributed by atoms with Crippen molar-refractivity contribution < 1.29 is 17.4 Å². The molecule has 14 heteroatoms. The van der Waals surface area contributed by atoms with E-state index in [1.54, 1.807) is 19.4 Å². The molecule has 3 aromatic heterocycles. The first-order valence-electron chi connectivity index (χ1n) is 17.0. The molecule has 3 saturated heterocycles. The van der Waals surface area contributed by atoms with Crippen molar-refractivity contribution in [2.24, 2.45) is 5.41 Å². The van der Waals surface area contributed by atoms with E-state index in [4.69, 9.17) is 4.98 Å². The molecule has 2 unspecified atom stereocenters. The van der Waals surface area contributed by atoms with Crippen LogP contribution in [0.2, 0.25) is 0 Å². The summed E-state index contributed by atoms with van der Waals surface area (Å²) in [6.07, 6.45) is 0.554. The van der Waals surface area contributed by atoms with Gasteiger partial charge in [0.05, 0.1) is 11.8 Å². The minimum absolute atomic E-state index is 0.0951. The van der Waals surface area contributed by atoms with Gasteiger partial charge in [-0.2, -0.15) is 23.4 Å². The summed E-state index contributed by atoms with van der Waals surface area (Å²) in [5.74, 6) is 1.14. The van der Waals surface area contributed by atoms with Crippen molar-refractivity contribution in [1.82, 2.24) is 24.3 Å². The average molecular weight is 713 g/mol. The molecular weight excluding hydrogens is 670 g/mol. The maximum atomic E-state index is 13.2. The van der Waals surface area contributed by atoms with Gasteiger partial charge >= 0.3 is 6.18 Å². The molecule has 49 heavy (non-hydrogen) atoms. The number of rotatable bonds is 9. The Bertz CT molecular complexity index is 1930. The average Bonchev–Trinajstić information content (AvgIpc) is 3.85. The number of hydrogen-bond donors (Lipinski definition) is 1. The van der Waals surface area contributed by atoms with Crippen LogP contribution < -0.4 is 10.2 Å². The van der Waals surface area contributed by atoms with Gasteiger partial charge in [-0.1, -0.05) is 6.07 Å². The number of aromatic nitrogens is 3. The summed E-state index contributed by atoms with van der Waals surface area (Å²) >= 11 is 1.09. The predicted octanol–water partition coefficient (Wildman–Crippen LogP) is 5.92. The first-order chi connectivity index (χ1) is 23.4. The molecule has 0 amide bonds. The van der Waals surface area contributed by atoms with Crippen LogP contribution in [-0.4, -0.2) is 99.1 Å². The number of anilines is 2. The lowest BCUT2D eigenvalue weighted by Gasteiger charge is -2.31. The molecule has 3 aliphatic rings. The Morgan fingerprint density at radius 1 is 1.06 bits per heavy atom. The third-order valence-corrected chi connectivity index (χ3v) is 13.3. The molecule has 1 N–H and O–H groups in total. The number of alkyl halides is 3. The van der Waals surface area contributed by atoms with Crippen molar-refractivity contribution >= 4 is 55.0 Å². The summed E-state index contributed by atoms with van der Waals surface area (Å²) in [5, 5.41) is 15.1. The Balaban J connectivity index is 1.03. The zero-order valence-electron chi connectivity index (χ0n) is 28.3. The lowest BCUT2D eigenvalue weighted by atomic mass is 9.86. The molecule has 1 spiro atoms. The van der Waals surface area contributed by atoms with Gasteiger partial charge in [0.1, 0.15) is 22.4 Å². The standard InChI is InChI=1S/C35H43F3N8OS2/c1-23-24(4-5-30-28(23)16-25(19-39)46(30)15-14-43-10-6-27(7-11-43)49(3)47)20-44-12-8-34(21-44)9-13-45(22-34)31-29-17-26(18-35(36,37)38)48-32(29)42-33(40-2)41-31/h4-5,16-17,27H,6-15,18,20-22H2,1-3H3,(H,40,41,42). The molecule has 7 rings (SSSR count). The molecule has 0 bridgehead atoms. The molecule has 6 heterocycles. The predicted molar refractivity (Wildman–Crippen MR) is 191 cm³/mol. The fraction of sp³-hybridized carbons (Fsp3) is 0.571. The van der Waals surface area contributed by atoms with Crippen molar-refractivity contribution in [2.45, 2.75) is 63.5 Å². The van der Waals surface area contributed by atoms with E-state index in [1.165, 1.54) is 11.1 Å². The Labute approximate surface area is 291 Å². The Kier molecular flexibility index (Phi) is 9.40. The number of nitrogens with zero attached hydrogens (tertiary/aromatic N) is 7. The summed E-state index contributed by atoms with van der Waals surface area (Å²) < 4.78 is 53.6. The number of halogens is 3. The van der Waals surface area contributed by atoms with Crippen LogP contribution in [0.4, 0.5) is 24.9 Å². The fourth-order valence-electron chi connectivity index (χ4n) is 8.18. The van der Waals surface area contributed by atoms with Gasteiger partial charge in [0.25, 0.3) is 0 Å². The second-order valence-corrected chi connectivity index (χ2v) is 16.9. The van der Waals surface area contributed by atoms with Crippen molar-refractivity contribution in [3.05, 3.63) is 46.0 Å². The van der Waals surface area contributed by atoms with Crippen LogP contribution in [0.25, 0.3) is 21.1 Å². The molecule has 2 atom stereocenters. The van der Waals surface area contributed by atoms with Gasteiger partial charge < -0.3 is 19.7 Å². The van der Waals surface area contributed by atoms with Crippen molar-refractivity contribution in [3.63, 3.8) is 0 Å². The van der Waals surface area contributed by atoms with Gasteiger partial charge in [-0.25, -0.2) is 4.98 Å².